The molecule has 0 fully saturated rings. The van der Waals surface area contributed by atoms with Crippen LogP contribution in [0.5, 0.6) is 5.75 Å². The maximum atomic E-state index is 13.7. The van der Waals surface area contributed by atoms with E-state index >= 15 is 0 Å². The monoisotopic (exact) mass is 510 g/mol. The number of nitrogens with one attached hydrogen (secondary N) is 1. The molecular formula is C32H34N2O4. The molecule has 0 unspecified atom stereocenters. The van der Waals surface area contributed by atoms with Crippen molar-refractivity contribution in [1.82, 2.24) is 4.98 Å². The van der Waals surface area contributed by atoms with Crippen molar-refractivity contribution in [2.45, 2.75) is 47.0 Å². The van der Waals surface area contributed by atoms with Gasteiger partial charge < -0.3 is 14.8 Å². The molecule has 1 amide bonds. The molecule has 0 spiro atoms. The zero-order valence-corrected chi connectivity index (χ0v) is 22.7. The molecule has 6 heteroatoms. The van der Waals surface area contributed by atoms with Crippen molar-refractivity contribution in [1.29, 1.82) is 0 Å². The van der Waals surface area contributed by atoms with Crippen molar-refractivity contribution < 1.29 is 19.1 Å². The number of hydrogen-bond donors (Lipinski definition) is 1. The Labute approximate surface area is 224 Å². The number of unbranched alkanes of at least 4 members (excludes halogenated alkanes) is 2. The van der Waals surface area contributed by atoms with Crippen LogP contribution in [0.25, 0.3) is 22.2 Å². The fraction of sp³-hybridized carbons (Fsp3) is 0.281. The molecule has 38 heavy (non-hydrogen) atoms. The smallest absolute Gasteiger partial charge is 0.338 e. The number of benzene rings is 3. The summed E-state index contributed by atoms with van der Waals surface area (Å²) in [6.45, 7) is 8.47. The lowest BCUT2D eigenvalue weighted by atomic mass is 9.94. The molecule has 0 saturated carbocycles. The number of hydrogen-bond acceptors (Lipinski definition) is 5. The highest BCUT2D eigenvalue weighted by atomic mass is 16.5. The van der Waals surface area contributed by atoms with Gasteiger partial charge in [-0.3, -0.25) is 4.79 Å². The van der Waals surface area contributed by atoms with Crippen molar-refractivity contribution in [2.75, 3.05) is 19.0 Å². The molecule has 0 saturated heterocycles. The van der Waals surface area contributed by atoms with Crippen molar-refractivity contribution in [3.05, 3.63) is 88.5 Å². The van der Waals surface area contributed by atoms with E-state index in [9.17, 15) is 9.59 Å². The molecule has 3 aromatic carbocycles. The number of ether oxygens (including phenoxy) is 2. The lowest BCUT2D eigenvalue weighted by Gasteiger charge is -2.17. The van der Waals surface area contributed by atoms with Gasteiger partial charge in [-0.2, -0.15) is 0 Å². The summed E-state index contributed by atoms with van der Waals surface area (Å²) >= 11 is 0. The summed E-state index contributed by atoms with van der Waals surface area (Å²) in [5.74, 6) is 0.167. The molecule has 1 N–H and O–H groups in total. The number of aryl methyl sites for hydroxylation is 2. The van der Waals surface area contributed by atoms with Crippen molar-refractivity contribution >= 4 is 28.5 Å². The van der Waals surface area contributed by atoms with Crippen LogP contribution in [0, 0.1) is 20.8 Å². The van der Waals surface area contributed by atoms with E-state index in [-0.39, 0.29) is 11.9 Å². The van der Waals surface area contributed by atoms with Gasteiger partial charge in [-0.1, -0.05) is 31.4 Å². The molecular weight excluding hydrogens is 476 g/mol. The lowest BCUT2D eigenvalue weighted by Crippen LogP contribution is -2.16. The first-order valence-corrected chi connectivity index (χ1v) is 13.0. The summed E-state index contributed by atoms with van der Waals surface area (Å²) in [4.78, 5) is 31.0. The first-order chi connectivity index (χ1) is 18.3. The van der Waals surface area contributed by atoms with Crippen LogP contribution in [0.3, 0.4) is 0 Å². The maximum absolute atomic E-state index is 13.7. The molecule has 0 atom stereocenters. The third-order valence-corrected chi connectivity index (χ3v) is 6.62. The van der Waals surface area contributed by atoms with E-state index in [1.54, 1.807) is 31.4 Å². The zero-order chi connectivity index (χ0) is 27.2. The lowest BCUT2D eigenvalue weighted by molar-refractivity contribution is 0.0498. The maximum Gasteiger partial charge on any atom is 0.338 e. The Balaban J connectivity index is 1.67. The highest BCUT2D eigenvalue weighted by molar-refractivity contribution is 6.15. The Morgan fingerprint density at radius 1 is 0.921 bits per heavy atom. The van der Waals surface area contributed by atoms with Crippen molar-refractivity contribution in [2.24, 2.45) is 0 Å². The van der Waals surface area contributed by atoms with Crippen LogP contribution in [-0.2, 0) is 4.74 Å². The van der Waals surface area contributed by atoms with Gasteiger partial charge in [0.25, 0.3) is 5.91 Å². The highest BCUT2D eigenvalue weighted by Crippen LogP contribution is 2.33. The van der Waals surface area contributed by atoms with Gasteiger partial charge in [0.1, 0.15) is 5.75 Å². The fourth-order valence-corrected chi connectivity index (χ4v) is 4.62. The number of fused-ring (bicyclic) bond motifs is 1. The van der Waals surface area contributed by atoms with E-state index in [2.05, 4.69) is 18.3 Å². The van der Waals surface area contributed by atoms with E-state index in [0.29, 0.717) is 23.4 Å². The minimum absolute atomic E-state index is 0.232. The van der Waals surface area contributed by atoms with Crippen molar-refractivity contribution in [3.63, 3.8) is 0 Å². The summed E-state index contributed by atoms with van der Waals surface area (Å²) in [7, 11) is 1.63. The topological polar surface area (TPSA) is 77.5 Å². The Morgan fingerprint density at radius 2 is 1.63 bits per heavy atom. The molecule has 4 aromatic rings. The summed E-state index contributed by atoms with van der Waals surface area (Å²) < 4.78 is 10.6. The predicted molar refractivity (Wildman–Crippen MR) is 152 cm³/mol. The standard InChI is InChI=1S/C32H34N2O4/c1-6-7-8-17-38-32(36)24-9-13-25(14-10-24)33-31(35)28-22(4)30(23-11-15-26(37-5)16-12-23)34-29-21(3)18-20(2)19-27(28)29/h9-16,18-19H,6-8,17H2,1-5H3,(H,33,35). The summed E-state index contributed by atoms with van der Waals surface area (Å²) in [6, 6.07) is 18.5. The quantitative estimate of drug-likeness (QED) is 0.187. The SMILES string of the molecule is CCCCCOC(=O)c1ccc(NC(=O)c2c(C)c(-c3ccc(OC)cc3)nc3c(C)cc(C)cc23)cc1. The van der Waals surface area contributed by atoms with Gasteiger partial charge in [0.15, 0.2) is 0 Å². The van der Waals surface area contributed by atoms with E-state index in [0.717, 1.165) is 63.9 Å². The summed E-state index contributed by atoms with van der Waals surface area (Å²) in [6.07, 6.45) is 2.95. The van der Waals surface area contributed by atoms with Crippen LogP contribution in [0.4, 0.5) is 5.69 Å². The van der Waals surface area contributed by atoms with Crippen LogP contribution >= 0.6 is 0 Å². The molecule has 1 heterocycles. The Kier molecular flexibility index (Phi) is 8.41. The van der Waals surface area contributed by atoms with Gasteiger partial charge >= 0.3 is 5.97 Å². The minimum Gasteiger partial charge on any atom is -0.497 e. The van der Waals surface area contributed by atoms with Gasteiger partial charge in [0.2, 0.25) is 0 Å². The molecule has 0 radical (unpaired) electrons. The molecule has 6 nitrogen and oxygen atoms in total. The highest BCUT2D eigenvalue weighted by Gasteiger charge is 2.21. The minimum atomic E-state index is -0.356. The fourth-order valence-electron chi connectivity index (χ4n) is 4.62. The molecule has 0 aliphatic carbocycles. The van der Waals surface area contributed by atoms with E-state index in [1.165, 1.54) is 0 Å². The zero-order valence-electron chi connectivity index (χ0n) is 22.7. The Hall–Kier alpha value is -4.19. The first-order valence-electron chi connectivity index (χ1n) is 13.0. The van der Waals surface area contributed by atoms with Crippen LogP contribution in [0.1, 0.15) is 63.6 Å². The predicted octanol–water partition coefficient (Wildman–Crippen LogP) is 7.43. The Morgan fingerprint density at radius 3 is 2.29 bits per heavy atom. The number of carbonyl (C=O) groups is 2. The number of methoxy groups -OCH3 is 1. The third-order valence-electron chi connectivity index (χ3n) is 6.62. The largest absolute Gasteiger partial charge is 0.497 e. The van der Waals surface area contributed by atoms with Crippen LogP contribution in [0.2, 0.25) is 0 Å². The number of carbonyl (C=O) groups excluding carboxylic acids is 2. The molecule has 196 valence electrons. The van der Waals surface area contributed by atoms with Gasteiger partial charge in [0.05, 0.1) is 36.1 Å². The second-order valence-electron chi connectivity index (χ2n) is 9.54. The average molecular weight is 511 g/mol. The van der Waals surface area contributed by atoms with Gasteiger partial charge in [-0.25, -0.2) is 9.78 Å². The Bertz CT molecular complexity index is 1460. The van der Waals surface area contributed by atoms with Crippen LogP contribution in [0.15, 0.2) is 60.7 Å². The van der Waals surface area contributed by atoms with Crippen LogP contribution in [-0.4, -0.2) is 30.6 Å². The van der Waals surface area contributed by atoms with Gasteiger partial charge in [-0.05, 0) is 92.9 Å². The number of anilines is 1. The molecule has 0 aliphatic heterocycles. The molecule has 4 rings (SSSR count). The van der Waals surface area contributed by atoms with Crippen molar-refractivity contribution in [3.8, 4) is 17.0 Å². The van der Waals surface area contributed by atoms with E-state index < -0.39 is 0 Å². The number of pyridine rings is 1. The summed E-state index contributed by atoms with van der Waals surface area (Å²) in [5, 5.41) is 3.82. The number of amides is 1. The van der Waals surface area contributed by atoms with E-state index in [4.69, 9.17) is 14.5 Å². The number of aromatic nitrogens is 1. The normalized spacial score (nSPS) is 10.9. The number of rotatable bonds is 9. The van der Waals surface area contributed by atoms with E-state index in [1.807, 2.05) is 51.1 Å². The first kappa shape index (κ1) is 26.9. The van der Waals surface area contributed by atoms with Crippen LogP contribution < -0.4 is 10.1 Å². The third kappa shape index (κ3) is 5.86. The molecule has 1 aromatic heterocycles. The second kappa shape index (κ2) is 11.9. The van der Waals surface area contributed by atoms with Gasteiger partial charge in [0, 0.05) is 16.6 Å². The number of esters is 1. The summed E-state index contributed by atoms with van der Waals surface area (Å²) in [5.41, 5.74) is 6.92. The average Bonchev–Trinajstić information content (AvgIpc) is 2.91. The second-order valence-corrected chi connectivity index (χ2v) is 9.54. The molecule has 0 aliphatic rings. The van der Waals surface area contributed by atoms with Gasteiger partial charge in [-0.15, -0.1) is 0 Å². The molecule has 0 bridgehead atoms. The number of nitrogens with zero attached hydrogens (tertiary/aromatic N) is 1.